The number of aryl methyl sites for hydroxylation is 1. The minimum absolute atomic E-state index is 0.181. The Morgan fingerprint density at radius 1 is 1.40 bits per heavy atom. The molecule has 0 unspecified atom stereocenters. The first kappa shape index (κ1) is 11.4. The Hall–Kier alpha value is -1.64. The highest BCUT2D eigenvalue weighted by Gasteiger charge is 2.08. The molecule has 0 saturated heterocycles. The van der Waals surface area contributed by atoms with Gasteiger partial charge in [0.25, 0.3) is 0 Å². The molecule has 0 aromatic heterocycles. The molecule has 0 spiro atoms. The van der Waals surface area contributed by atoms with Gasteiger partial charge < -0.3 is 10.1 Å². The SMILES string of the molecule is CC(=O)N[C@H](C=O)Cc1ccc(C)cc1. The summed E-state index contributed by atoms with van der Waals surface area (Å²) in [6.07, 6.45) is 1.31. The average Bonchev–Trinajstić information content (AvgIpc) is 2.19. The number of aldehydes is 1. The van der Waals surface area contributed by atoms with Gasteiger partial charge in [0.15, 0.2) is 0 Å². The maximum absolute atomic E-state index is 10.8. The first-order valence-corrected chi connectivity index (χ1v) is 4.90. The summed E-state index contributed by atoms with van der Waals surface area (Å²) in [4.78, 5) is 21.5. The van der Waals surface area contributed by atoms with Gasteiger partial charge >= 0.3 is 0 Å². The molecule has 1 aromatic rings. The number of benzene rings is 1. The van der Waals surface area contributed by atoms with Gasteiger partial charge in [-0.25, -0.2) is 0 Å². The lowest BCUT2D eigenvalue weighted by Crippen LogP contribution is -2.35. The highest BCUT2D eigenvalue weighted by Crippen LogP contribution is 2.05. The summed E-state index contributed by atoms with van der Waals surface area (Å²) >= 11 is 0. The van der Waals surface area contributed by atoms with E-state index in [0.29, 0.717) is 6.42 Å². The van der Waals surface area contributed by atoms with Crippen LogP contribution in [0.2, 0.25) is 0 Å². The predicted octanol–water partition coefficient (Wildman–Crippen LogP) is 1.24. The van der Waals surface area contributed by atoms with E-state index in [-0.39, 0.29) is 5.91 Å². The molecule has 1 rings (SSSR count). The van der Waals surface area contributed by atoms with Crippen LogP contribution in [0.1, 0.15) is 18.1 Å². The number of hydrogen-bond donors (Lipinski definition) is 1. The first-order valence-electron chi connectivity index (χ1n) is 4.90. The van der Waals surface area contributed by atoms with Gasteiger partial charge in [-0.2, -0.15) is 0 Å². The van der Waals surface area contributed by atoms with Crippen molar-refractivity contribution in [2.45, 2.75) is 26.3 Å². The Labute approximate surface area is 89.5 Å². The van der Waals surface area contributed by atoms with Crippen LogP contribution in [0.3, 0.4) is 0 Å². The Bertz CT molecular complexity index is 343. The van der Waals surface area contributed by atoms with Crippen LogP contribution in [-0.4, -0.2) is 18.2 Å². The lowest BCUT2D eigenvalue weighted by atomic mass is 10.1. The van der Waals surface area contributed by atoms with Gasteiger partial charge in [-0.3, -0.25) is 4.79 Å². The summed E-state index contributed by atoms with van der Waals surface area (Å²) in [6.45, 7) is 3.42. The number of rotatable bonds is 4. The molecule has 0 radical (unpaired) electrons. The molecule has 1 atom stereocenters. The number of carbonyl (C=O) groups is 2. The quantitative estimate of drug-likeness (QED) is 0.752. The molecule has 1 amide bonds. The molecule has 0 heterocycles. The predicted molar refractivity (Wildman–Crippen MR) is 58.6 cm³/mol. The molecule has 80 valence electrons. The van der Waals surface area contributed by atoms with Gasteiger partial charge in [-0.05, 0) is 18.9 Å². The lowest BCUT2D eigenvalue weighted by Gasteiger charge is -2.11. The summed E-state index contributed by atoms with van der Waals surface area (Å²) in [6, 6.07) is 7.49. The largest absolute Gasteiger partial charge is 0.346 e. The number of carbonyl (C=O) groups excluding carboxylic acids is 2. The van der Waals surface area contributed by atoms with Gasteiger partial charge in [-0.15, -0.1) is 0 Å². The molecule has 15 heavy (non-hydrogen) atoms. The van der Waals surface area contributed by atoms with Crippen molar-refractivity contribution in [3.63, 3.8) is 0 Å². The van der Waals surface area contributed by atoms with Crippen LogP contribution < -0.4 is 5.32 Å². The fourth-order valence-corrected chi connectivity index (χ4v) is 1.37. The van der Waals surface area contributed by atoms with Crippen molar-refractivity contribution in [3.05, 3.63) is 35.4 Å². The van der Waals surface area contributed by atoms with Crippen LogP contribution in [-0.2, 0) is 16.0 Å². The van der Waals surface area contributed by atoms with E-state index in [1.807, 2.05) is 31.2 Å². The van der Waals surface area contributed by atoms with Crippen LogP contribution in [0.4, 0.5) is 0 Å². The second kappa shape index (κ2) is 5.29. The van der Waals surface area contributed by atoms with Crippen molar-refractivity contribution in [1.29, 1.82) is 0 Å². The van der Waals surface area contributed by atoms with E-state index < -0.39 is 6.04 Å². The topological polar surface area (TPSA) is 46.2 Å². The Morgan fingerprint density at radius 2 is 2.00 bits per heavy atom. The number of nitrogens with one attached hydrogen (secondary N) is 1. The van der Waals surface area contributed by atoms with Gasteiger partial charge in [0.1, 0.15) is 6.29 Å². The van der Waals surface area contributed by atoms with Crippen LogP contribution in [0.25, 0.3) is 0 Å². The Morgan fingerprint density at radius 3 is 2.47 bits per heavy atom. The zero-order valence-electron chi connectivity index (χ0n) is 8.99. The number of amides is 1. The maximum Gasteiger partial charge on any atom is 0.217 e. The third-order valence-corrected chi connectivity index (χ3v) is 2.13. The van der Waals surface area contributed by atoms with E-state index in [0.717, 1.165) is 11.8 Å². The lowest BCUT2D eigenvalue weighted by molar-refractivity contribution is -0.122. The van der Waals surface area contributed by atoms with Crippen LogP contribution in [0.5, 0.6) is 0 Å². The highest BCUT2D eigenvalue weighted by atomic mass is 16.2. The third kappa shape index (κ3) is 3.94. The highest BCUT2D eigenvalue weighted by molar-refractivity contribution is 5.77. The smallest absolute Gasteiger partial charge is 0.217 e. The minimum atomic E-state index is -0.426. The monoisotopic (exact) mass is 205 g/mol. The second-order valence-electron chi connectivity index (χ2n) is 3.63. The van der Waals surface area contributed by atoms with Crippen molar-refractivity contribution in [2.24, 2.45) is 0 Å². The molecule has 0 saturated carbocycles. The van der Waals surface area contributed by atoms with Crippen molar-refractivity contribution in [2.75, 3.05) is 0 Å². The van der Waals surface area contributed by atoms with Crippen LogP contribution in [0, 0.1) is 6.92 Å². The second-order valence-corrected chi connectivity index (χ2v) is 3.63. The van der Waals surface area contributed by atoms with Crippen molar-refractivity contribution >= 4 is 12.2 Å². The molecular weight excluding hydrogens is 190 g/mol. The Balaban J connectivity index is 2.62. The zero-order valence-corrected chi connectivity index (χ0v) is 8.99. The zero-order chi connectivity index (χ0) is 11.3. The molecule has 0 aliphatic rings. The average molecular weight is 205 g/mol. The molecular formula is C12H15NO2. The number of hydrogen-bond acceptors (Lipinski definition) is 2. The standard InChI is InChI=1S/C12H15NO2/c1-9-3-5-11(6-4-9)7-12(8-14)13-10(2)15/h3-6,8,12H,7H2,1-2H3,(H,13,15)/t12-/m0/s1. The van der Waals surface area contributed by atoms with E-state index in [2.05, 4.69) is 5.32 Å². The van der Waals surface area contributed by atoms with Crippen LogP contribution in [0.15, 0.2) is 24.3 Å². The fourth-order valence-electron chi connectivity index (χ4n) is 1.37. The molecule has 0 bridgehead atoms. The summed E-state index contributed by atoms with van der Waals surface area (Å²) < 4.78 is 0. The molecule has 0 aliphatic carbocycles. The minimum Gasteiger partial charge on any atom is -0.346 e. The molecule has 1 aromatic carbocycles. The van der Waals surface area contributed by atoms with E-state index in [4.69, 9.17) is 0 Å². The normalized spacial score (nSPS) is 11.9. The molecule has 0 aliphatic heterocycles. The summed E-state index contributed by atoms with van der Waals surface area (Å²) in [5, 5.41) is 2.59. The van der Waals surface area contributed by atoms with Crippen LogP contribution >= 0.6 is 0 Å². The van der Waals surface area contributed by atoms with Crippen molar-refractivity contribution in [1.82, 2.24) is 5.32 Å². The first-order chi connectivity index (χ1) is 7.11. The fraction of sp³-hybridized carbons (Fsp3) is 0.333. The Kier molecular flexibility index (Phi) is 4.03. The summed E-state index contributed by atoms with van der Waals surface area (Å²) in [7, 11) is 0. The maximum atomic E-state index is 10.8. The van der Waals surface area contributed by atoms with Gasteiger partial charge in [0.2, 0.25) is 5.91 Å². The third-order valence-electron chi connectivity index (χ3n) is 2.13. The molecule has 3 heteroatoms. The van der Waals surface area contributed by atoms with E-state index in [1.54, 1.807) is 0 Å². The van der Waals surface area contributed by atoms with E-state index in [1.165, 1.54) is 12.5 Å². The van der Waals surface area contributed by atoms with Crippen molar-refractivity contribution < 1.29 is 9.59 Å². The van der Waals surface area contributed by atoms with Crippen molar-refractivity contribution in [3.8, 4) is 0 Å². The molecule has 0 fully saturated rings. The summed E-state index contributed by atoms with van der Waals surface area (Å²) in [5.74, 6) is -0.181. The van der Waals surface area contributed by atoms with E-state index >= 15 is 0 Å². The molecule has 1 N–H and O–H groups in total. The van der Waals surface area contributed by atoms with E-state index in [9.17, 15) is 9.59 Å². The molecule has 3 nitrogen and oxygen atoms in total. The summed E-state index contributed by atoms with van der Waals surface area (Å²) in [5.41, 5.74) is 2.23. The van der Waals surface area contributed by atoms with Gasteiger partial charge in [0.05, 0.1) is 6.04 Å². The van der Waals surface area contributed by atoms with Gasteiger partial charge in [-0.1, -0.05) is 29.8 Å². The van der Waals surface area contributed by atoms with Gasteiger partial charge in [0, 0.05) is 6.92 Å².